The highest BCUT2D eigenvalue weighted by atomic mass is 32.2. The summed E-state index contributed by atoms with van der Waals surface area (Å²) in [5.41, 5.74) is 1.27. The topological polar surface area (TPSA) is 39.7 Å². The van der Waals surface area contributed by atoms with Crippen LogP contribution in [0.3, 0.4) is 0 Å². The number of thioether (sulfide) groups is 1. The molecule has 116 valence electrons. The van der Waals surface area contributed by atoms with Gasteiger partial charge in [-0.2, -0.15) is 11.8 Å². The van der Waals surface area contributed by atoms with Crippen molar-refractivity contribution in [1.82, 2.24) is 5.32 Å². The Kier molecular flexibility index (Phi) is 5.27. The zero-order valence-corrected chi connectivity index (χ0v) is 13.3. The van der Waals surface area contributed by atoms with E-state index in [-0.39, 0.29) is 0 Å². The van der Waals surface area contributed by atoms with E-state index < -0.39 is 0 Å². The van der Waals surface area contributed by atoms with Crippen molar-refractivity contribution in [2.45, 2.75) is 24.1 Å². The van der Waals surface area contributed by atoms with Gasteiger partial charge in [-0.15, -0.1) is 0 Å². The summed E-state index contributed by atoms with van der Waals surface area (Å²) >= 11 is 2.05. The highest BCUT2D eigenvalue weighted by Gasteiger charge is 2.19. The molecule has 1 fully saturated rings. The Hall–Kier alpha value is -0.910. The molecule has 0 spiro atoms. The second-order valence-corrected chi connectivity index (χ2v) is 6.72. The van der Waals surface area contributed by atoms with Crippen LogP contribution in [-0.2, 0) is 4.74 Å². The first-order chi connectivity index (χ1) is 10.4. The smallest absolute Gasteiger partial charge is 0.161 e. The van der Waals surface area contributed by atoms with Crippen molar-refractivity contribution in [3.63, 3.8) is 0 Å². The zero-order chi connectivity index (χ0) is 14.5. The predicted octanol–water partition coefficient (Wildman–Crippen LogP) is 2.63. The number of fused-ring (bicyclic) bond motifs is 1. The van der Waals surface area contributed by atoms with Crippen molar-refractivity contribution in [2.75, 3.05) is 39.2 Å². The molecule has 1 atom stereocenters. The molecule has 4 nitrogen and oxygen atoms in total. The second-order valence-electron chi connectivity index (χ2n) is 5.39. The lowest BCUT2D eigenvalue weighted by atomic mass is 10.1. The summed E-state index contributed by atoms with van der Waals surface area (Å²) in [4.78, 5) is 0. The van der Waals surface area contributed by atoms with Gasteiger partial charge < -0.3 is 19.5 Å². The van der Waals surface area contributed by atoms with Gasteiger partial charge >= 0.3 is 0 Å². The first-order valence-electron chi connectivity index (χ1n) is 7.63. The molecule has 1 unspecified atom stereocenters. The molecule has 3 rings (SSSR count). The van der Waals surface area contributed by atoms with Gasteiger partial charge in [-0.25, -0.2) is 0 Å². The summed E-state index contributed by atoms with van der Waals surface area (Å²) in [6.07, 6.45) is 2.34. The third kappa shape index (κ3) is 3.84. The van der Waals surface area contributed by atoms with Crippen LogP contribution in [0.5, 0.6) is 11.5 Å². The average Bonchev–Trinajstić information content (AvgIpc) is 2.56. The van der Waals surface area contributed by atoms with Gasteiger partial charge in [-0.3, -0.25) is 0 Å². The minimum atomic E-state index is 0.341. The van der Waals surface area contributed by atoms with E-state index in [2.05, 4.69) is 17.4 Å². The molecule has 1 N–H and O–H groups in total. The molecule has 1 aromatic rings. The molecule has 2 aliphatic rings. The maximum atomic E-state index is 5.68. The Bertz CT molecular complexity index is 463. The van der Waals surface area contributed by atoms with Gasteiger partial charge in [0.25, 0.3) is 0 Å². The van der Waals surface area contributed by atoms with Crippen molar-refractivity contribution < 1.29 is 14.2 Å². The standard InChI is InChI=1S/C16H23NO3S/c1-17-14(11-21-13-4-6-18-7-5-13)12-2-3-15-16(10-12)20-9-8-19-15/h2-3,10,13-14,17H,4-9,11H2,1H3. The van der Waals surface area contributed by atoms with Gasteiger partial charge in [-0.1, -0.05) is 6.07 Å². The van der Waals surface area contributed by atoms with E-state index in [1.54, 1.807) is 0 Å². The fraction of sp³-hybridized carbons (Fsp3) is 0.625. The normalized spacial score (nSPS) is 20.2. The fourth-order valence-electron chi connectivity index (χ4n) is 2.70. The predicted molar refractivity (Wildman–Crippen MR) is 85.5 cm³/mol. The first-order valence-corrected chi connectivity index (χ1v) is 8.68. The molecule has 0 aromatic heterocycles. The van der Waals surface area contributed by atoms with Gasteiger partial charge in [0, 0.05) is 30.3 Å². The lowest BCUT2D eigenvalue weighted by Crippen LogP contribution is -2.23. The monoisotopic (exact) mass is 309 g/mol. The van der Waals surface area contributed by atoms with E-state index in [0.29, 0.717) is 19.3 Å². The van der Waals surface area contributed by atoms with Crippen molar-refractivity contribution in [3.05, 3.63) is 23.8 Å². The van der Waals surface area contributed by atoms with Crippen LogP contribution in [0.2, 0.25) is 0 Å². The summed E-state index contributed by atoms with van der Waals surface area (Å²) in [5, 5.41) is 4.14. The van der Waals surface area contributed by atoms with E-state index in [4.69, 9.17) is 14.2 Å². The summed E-state index contributed by atoms with van der Waals surface area (Å²) in [7, 11) is 2.02. The molecular formula is C16H23NO3S. The Balaban J connectivity index is 1.62. The highest BCUT2D eigenvalue weighted by molar-refractivity contribution is 7.99. The number of hydrogen-bond acceptors (Lipinski definition) is 5. The zero-order valence-electron chi connectivity index (χ0n) is 12.5. The highest BCUT2D eigenvalue weighted by Crippen LogP contribution is 2.34. The third-order valence-corrected chi connectivity index (χ3v) is 5.45. The first kappa shape index (κ1) is 15.0. The van der Waals surface area contributed by atoms with Gasteiger partial charge in [-0.05, 0) is 37.6 Å². The van der Waals surface area contributed by atoms with Crippen molar-refractivity contribution in [3.8, 4) is 11.5 Å². The maximum Gasteiger partial charge on any atom is 0.161 e. The van der Waals surface area contributed by atoms with E-state index >= 15 is 0 Å². The van der Waals surface area contributed by atoms with Crippen molar-refractivity contribution in [1.29, 1.82) is 0 Å². The Morgan fingerprint density at radius 2 is 1.90 bits per heavy atom. The minimum absolute atomic E-state index is 0.341. The molecular weight excluding hydrogens is 286 g/mol. The molecule has 1 aromatic carbocycles. The van der Waals surface area contributed by atoms with E-state index in [1.807, 2.05) is 24.9 Å². The van der Waals surface area contributed by atoms with E-state index in [1.165, 1.54) is 18.4 Å². The largest absolute Gasteiger partial charge is 0.486 e. The molecule has 2 aliphatic heterocycles. The van der Waals surface area contributed by atoms with Crippen LogP contribution < -0.4 is 14.8 Å². The quantitative estimate of drug-likeness (QED) is 0.905. The van der Waals surface area contributed by atoms with Gasteiger partial charge in [0.2, 0.25) is 0 Å². The Morgan fingerprint density at radius 3 is 2.67 bits per heavy atom. The SMILES string of the molecule is CNC(CSC1CCOCC1)c1ccc2c(c1)OCCO2. The number of hydrogen-bond donors (Lipinski definition) is 1. The molecule has 0 aliphatic carbocycles. The lowest BCUT2D eigenvalue weighted by molar-refractivity contribution is 0.1000. The number of rotatable bonds is 5. The van der Waals surface area contributed by atoms with Crippen LogP contribution in [0, 0.1) is 0 Å². The van der Waals surface area contributed by atoms with Crippen LogP contribution >= 0.6 is 11.8 Å². The lowest BCUT2D eigenvalue weighted by Gasteiger charge is -2.25. The van der Waals surface area contributed by atoms with Gasteiger partial charge in [0.15, 0.2) is 11.5 Å². The number of benzene rings is 1. The molecule has 0 saturated carbocycles. The third-order valence-electron chi connectivity index (χ3n) is 3.98. The minimum Gasteiger partial charge on any atom is -0.486 e. The van der Waals surface area contributed by atoms with Crippen LogP contribution in [0.4, 0.5) is 0 Å². The fourth-order valence-corrected chi connectivity index (χ4v) is 4.05. The maximum absolute atomic E-state index is 5.68. The van der Waals surface area contributed by atoms with Crippen molar-refractivity contribution >= 4 is 11.8 Å². The average molecular weight is 309 g/mol. The summed E-state index contributed by atoms with van der Waals surface area (Å²) in [6.45, 7) is 3.09. The summed E-state index contributed by atoms with van der Waals surface area (Å²) in [5.74, 6) is 2.80. The molecule has 0 radical (unpaired) electrons. The van der Waals surface area contributed by atoms with E-state index in [9.17, 15) is 0 Å². The van der Waals surface area contributed by atoms with Crippen LogP contribution in [-0.4, -0.2) is 44.5 Å². The molecule has 0 bridgehead atoms. The summed E-state index contributed by atoms with van der Waals surface area (Å²) in [6, 6.07) is 6.61. The Morgan fingerprint density at radius 1 is 1.14 bits per heavy atom. The molecule has 21 heavy (non-hydrogen) atoms. The van der Waals surface area contributed by atoms with Gasteiger partial charge in [0.1, 0.15) is 13.2 Å². The number of ether oxygens (including phenoxy) is 3. The van der Waals surface area contributed by atoms with Crippen LogP contribution in [0.25, 0.3) is 0 Å². The molecule has 5 heteroatoms. The van der Waals surface area contributed by atoms with Crippen LogP contribution in [0.15, 0.2) is 18.2 Å². The second kappa shape index (κ2) is 7.38. The van der Waals surface area contributed by atoms with Crippen LogP contribution in [0.1, 0.15) is 24.4 Å². The van der Waals surface area contributed by atoms with Gasteiger partial charge in [0.05, 0.1) is 0 Å². The van der Waals surface area contributed by atoms with Crippen molar-refractivity contribution in [2.24, 2.45) is 0 Å². The molecule has 2 heterocycles. The Labute approximate surface area is 130 Å². The molecule has 0 amide bonds. The van der Waals surface area contributed by atoms with E-state index in [0.717, 1.165) is 35.7 Å². The summed E-state index contributed by atoms with van der Waals surface area (Å²) < 4.78 is 16.7. The number of nitrogens with one attached hydrogen (secondary N) is 1. The molecule has 1 saturated heterocycles.